The topological polar surface area (TPSA) is 93.2 Å². The number of carbonyl (C=O) groups excluding carboxylic acids is 4. The van der Waals surface area contributed by atoms with E-state index in [2.05, 4.69) is 25.3 Å². The van der Waals surface area contributed by atoms with Crippen LogP contribution in [-0.2, 0) is 41.3 Å². The van der Waals surface area contributed by atoms with E-state index in [-0.39, 0.29) is 0 Å². The second-order valence-corrected chi connectivity index (χ2v) is 5.98. The lowest BCUT2D eigenvalue weighted by Gasteiger charge is -2.46. The van der Waals surface area contributed by atoms with Gasteiger partial charge in [0.2, 0.25) is 4.87 Å². The fraction of sp³-hybridized carbons (Fsp3) is 0.636. The Morgan fingerprint density at radius 3 is 2.10 bits per heavy atom. The molecule has 21 heavy (non-hydrogen) atoms. The first-order valence-corrected chi connectivity index (χ1v) is 6.78. The van der Waals surface area contributed by atoms with E-state index in [9.17, 15) is 19.2 Å². The van der Waals surface area contributed by atoms with Gasteiger partial charge < -0.3 is 14.4 Å². The minimum absolute atomic E-state index is 0.431. The van der Waals surface area contributed by atoms with Crippen LogP contribution in [0.1, 0.15) is 13.8 Å². The molecule has 1 saturated heterocycles. The first-order chi connectivity index (χ1) is 9.46. The predicted octanol–water partition coefficient (Wildman–Crippen LogP) is -1.67. The van der Waals surface area contributed by atoms with E-state index in [0.717, 1.165) is 16.7 Å². The summed E-state index contributed by atoms with van der Waals surface area (Å²) in [5, 5.41) is -1.96. The van der Waals surface area contributed by atoms with Gasteiger partial charge in [-0.2, -0.15) is 0 Å². The number of rotatable bonds is 3. The van der Waals surface area contributed by atoms with Gasteiger partial charge in [-0.1, -0.05) is 0 Å². The van der Waals surface area contributed by atoms with Gasteiger partial charge in [-0.25, -0.2) is 0 Å². The first-order valence-electron chi connectivity index (χ1n) is 5.83. The molecule has 0 aromatic carbocycles. The summed E-state index contributed by atoms with van der Waals surface area (Å²) < 4.78 is 9.70. The van der Waals surface area contributed by atoms with E-state index >= 15 is 0 Å². The largest absolute Gasteiger partial charge is 0.462 e. The molecule has 10 heteroatoms. The Bertz CT molecular complexity index is 513. The molecule has 0 spiro atoms. The summed E-state index contributed by atoms with van der Waals surface area (Å²) in [7, 11) is 2.56. The average Bonchev–Trinajstić information content (AvgIpc) is 2.39. The molecule has 8 nitrogen and oxygen atoms in total. The molecule has 0 aliphatic carbocycles. The van der Waals surface area contributed by atoms with Gasteiger partial charge in [0.25, 0.3) is 5.91 Å². The molecule has 0 N–H and O–H groups in total. The smallest absolute Gasteiger partial charge is 0.430 e. The molecule has 0 aromatic heterocycles. The summed E-state index contributed by atoms with van der Waals surface area (Å²) in [5.74, 6) is -2.78. The standard InChI is InChI=1S/C11H16N2O6S2/c1-6(14)18-5-10(20)8(16)13(4)11(21,19-7(2)15)9(17)12(10)3/h20-21H,5H2,1-4H3/p+1/t10-,11-/m0/s1. The van der Waals surface area contributed by atoms with Crippen molar-refractivity contribution < 1.29 is 28.7 Å². The number of esters is 2. The number of carbonyl (C=O) groups is 4. The molecule has 0 radical (unpaired) electrons. The number of hydrogen-bond donors (Lipinski definition) is 1. The molecule has 0 unspecified atom stereocenters. The van der Waals surface area contributed by atoms with Gasteiger partial charge >= 0.3 is 22.9 Å². The van der Waals surface area contributed by atoms with Gasteiger partial charge in [0, 0.05) is 40.6 Å². The van der Waals surface area contributed by atoms with E-state index in [1.807, 2.05) is 0 Å². The number of hydrogen-bond acceptors (Lipinski definition) is 7. The van der Waals surface area contributed by atoms with Crippen molar-refractivity contribution in [3.63, 3.8) is 0 Å². The molecule has 2 amide bonds. The molecular weight excluding hydrogens is 320 g/mol. The molecule has 118 valence electrons. The first kappa shape index (κ1) is 17.6. The second-order valence-electron chi connectivity index (χ2n) is 4.56. The van der Waals surface area contributed by atoms with Crippen molar-refractivity contribution in [3.8, 4) is 0 Å². The van der Waals surface area contributed by atoms with E-state index in [1.54, 1.807) is 0 Å². The molecule has 0 aromatic rings. The Morgan fingerprint density at radius 2 is 1.67 bits per heavy atom. The quantitative estimate of drug-likeness (QED) is 0.376. The van der Waals surface area contributed by atoms with Crippen molar-refractivity contribution >= 4 is 49.0 Å². The van der Waals surface area contributed by atoms with Gasteiger partial charge in [0.05, 0.1) is 0 Å². The zero-order valence-electron chi connectivity index (χ0n) is 12.0. The number of piperazine rings is 1. The average molecular weight is 337 g/mol. The normalized spacial score (nSPS) is 29.4. The van der Waals surface area contributed by atoms with Crippen LogP contribution in [0, 0.1) is 0 Å². The number of thiol groups is 1. The molecule has 1 rings (SSSR count). The highest BCUT2D eigenvalue weighted by Gasteiger charge is 2.65. The fourth-order valence-corrected chi connectivity index (χ4v) is 2.49. The molecule has 1 heterocycles. The Labute approximate surface area is 132 Å². The Hall–Kier alpha value is -1.42. The van der Waals surface area contributed by atoms with E-state index in [4.69, 9.17) is 9.47 Å². The van der Waals surface area contributed by atoms with Crippen molar-refractivity contribution in [2.45, 2.75) is 23.8 Å². The van der Waals surface area contributed by atoms with Crippen LogP contribution in [-0.4, -0.2) is 64.2 Å². The second kappa shape index (κ2) is 5.76. The van der Waals surface area contributed by atoms with Crippen molar-refractivity contribution in [2.75, 3.05) is 20.7 Å². The highest BCUT2D eigenvalue weighted by Crippen LogP contribution is 2.34. The van der Waals surface area contributed by atoms with Gasteiger partial charge in [-0.3, -0.25) is 24.1 Å². The van der Waals surface area contributed by atoms with Crippen LogP contribution in [0.2, 0.25) is 0 Å². The summed E-state index contributed by atoms with van der Waals surface area (Å²) in [6, 6.07) is 0. The predicted molar refractivity (Wildman–Crippen MR) is 78.5 cm³/mol. The Morgan fingerprint density at radius 1 is 1.14 bits per heavy atom. The lowest BCUT2D eigenvalue weighted by molar-refractivity contribution is -0.194. The Kier molecular flexibility index (Phi) is 4.83. The van der Waals surface area contributed by atoms with Crippen LogP contribution in [0.5, 0.6) is 0 Å². The summed E-state index contributed by atoms with van der Waals surface area (Å²) in [6.07, 6.45) is 0. The fourth-order valence-electron chi connectivity index (χ4n) is 1.77. The van der Waals surface area contributed by atoms with E-state index < -0.39 is 40.3 Å². The highest BCUT2D eigenvalue weighted by atomic mass is 32.1. The Balaban J connectivity index is 3.18. The molecular formula is C11H17N2O6S2+. The van der Waals surface area contributed by atoms with Crippen LogP contribution in [0.25, 0.3) is 0 Å². The monoisotopic (exact) mass is 337 g/mol. The number of likely N-dealkylation sites (N-methyl/N-ethyl adjacent to an activating group) is 2. The molecule has 1 aliphatic rings. The van der Waals surface area contributed by atoms with Crippen molar-refractivity contribution in [3.05, 3.63) is 0 Å². The lowest BCUT2D eigenvalue weighted by atomic mass is 10.1. The molecule has 0 saturated carbocycles. The van der Waals surface area contributed by atoms with Gasteiger partial charge in [-0.15, -0.1) is 12.6 Å². The third-order valence-electron chi connectivity index (χ3n) is 3.04. The molecule has 2 atom stereocenters. The number of nitrogens with zero attached hydrogens (tertiary/aromatic N) is 2. The minimum Gasteiger partial charge on any atom is -0.462 e. The van der Waals surface area contributed by atoms with Gasteiger partial charge in [-0.05, 0) is 0 Å². The zero-order chi connectivity index (χ0) is 16.6. The summed E-state index contributed by atoms with van der Waals surface area (Å²) in [6.45, 7) is 1.84. The summed E-state index contributed by atoms with van der Waals surface area (Å²) in [4.78, 5) is 47.1. The highest BCUT2D eigenvalue weighted by molar-refractivity contribution is 7.82. The van der Waals surface area contributed by atoms with Crippen molar-refractivity contribution in [1.29, 1.82) is 0 Å². The number of ether oxygens (including phenoxy) is 2. The SMILES string of the molecule is CC(=O)OC[C@]1(S)C(=O)N(C)[C@]([SH2+])(OC(C)=O)C(=O)N1C. The summed E-state index contributed by atoms with van der Waals surface area (Å²) >= 11 is 7.21. The van der Waals surface area contributed by atoms with Crippen LogP contribution < -0.4 is 0 Å². The maximum absolute atomic E-state index is 12.5. The van der Waals surface area contributed by atoms with Crippen LogP contribution in [0.3, 0.4) is 0 Å². The van der Waals surface area contributed by atoms with E-state index in [1.165, 1.54) is 21.0 Å². The van der Waals surface area contributed by atoms with Crippen LogP contribution in [0.15, 0.2) is 0 Å². The zero-order valence-corrected chi connectivity index (χ0v) is 13.9. The third kappa shape index (κ3) is 2.95. The van der Waals surface area contributed by atoms with E-state index in [0.29, 0.717) is 0 Å². The number of amides is 2. The minimum atomic E-state index is -1.96. The van der Waals surface area contributed by atoms with Crippen molar-refractivity contribution in [1.82, 2.24) is 9.80 Å². The third-order valence-corrected chi connectivity index (χ3v) is 4.31. The molecule has 1 aliphatic heterocycles. The van der Waals surface area contributed by atoms with Crippen LogP contribution in [0.4, 0.5) is 0 Å². The van der Waals surface area contributed by atoms with Crippen molar-refractivity contribution in [2.24, 2.45) is 0 Å². The lowest BCUT2D eigenvalue weighted by Crippen LogP contribution is -2.74. The maximum atomic E-state index is 12.5. The molecule has 1 fully saturated rings. The maximum Gasteiger partial charge on any atom is 0.430 e. The van der Waals surface area contributed by atoms with Crippen LogP contribution >= 0.6 is 12.6 Å². The van der Waals surface area contributed by atoms with Gasteiger partial charge in [0.15, 0.2) is 0 Å². The van der Waals surface area contributed by atoms with Gasteiger partial charge in [0.1, 0.15) is 6.61 Å². The summed E-state index contributed by atoms with van der Waals surface area (Å²) in [5.41, 5.74) is 0. The molecule has 0 bridgehead atoms.